The summed E-state index contributed by atoms with van der Waals surface area (Å²) in [4.78, 5) is 31.2. The van der Waals surface area contributed by atoms with Crippen LogP contribution in [0.1, 0.15) is 42.4 Å². The number of nitrogens with one attached hydrogen (secondary N) is 1. The van der Waals surface area contributed by atoms with Crippen molar-refractivity contribution in [1.82, 2.24) is 9.88 Å². The highest BCUT2D eigenvalue weighted by molar-refractivity contribution is 7.13. The molecule has 6 nitrogen and oxygen atoms in total. The molecule has 1 aromatic heterocycles. The Kier molecular flexibility index (Phi) is 7.41. The van der Waals surface area contributed by atoms with Crippen molar-refractivity contribution in [3.8, 4) is 0 Å². The van der Waals surface area contributed by atoms with Gasteiger partial charge in [-0.05, 0) is 31.9 Å². The van der Waals surface area contributed by atoms with E-state index in [2.05, 4.69) is 10.3 Å². The minimum atomic E-state index is -0.606. The van der Waals surface area contributed by atoms with Crippen molar-refractivity contribution in [2.24, 2.45) is 0 Å². The minimum Gasteiger partial charge on any atom is -0.451 e. The summed E-state index contributed by atoms with van der Waals surface area (Å²) in [6.07, 6.45) is 0. The van der Waals surface area contributed by atoms with E-state index in [9.17, 15) is 9.59 Å². The van der Waals surface area contributed by atoms with Gasteiger partial charge in [0.2, 0.25) is 0 Å². The lowest BCUT2D eigenvalue weighted by molar-refractivity contribution is -0.140. The van der Waals surface area contributed by atoms with Crippen LogP contribution in [0.25, 0.3) is 0 Å². The summed E-state index contributed by atoms with van der Waals surface area (Å²) in [5.74, 6) is -0.853. The molecule has 0 unspecified atom stereocenters. The third kappa shape index (κ3) is 6.65. The number of hydrogen-bond donors (Lipinski definition) is 1. The second-order valence-electron chi connectivity index (χ2n) is 8.09. The number of ether oxygens (including phenoxy) is 1. The molecule has 1 heterocycles. The summed E-state index contributed by atoms with van der Waals surface area (Å²) in [5.41, 5.74) is 1.92. The minimum absolute atomic E-state index is 0.193. The molecule has 1 amide bonds. The molecule has 0 atom stereocenters. The van der Waals surface area contributed by atoms with Crippen LogP contribution < -0.4 is 5.32 Å². The standard InChI is InChI=1S/C24H27N3O3S/c1-24(2,3)27(15-19-12-8-5-9-13-19)21(28)16-30-22(29)20-17-31-23(26-20)25-14-18-10-6-4-7-11-18/h4-13,17H,14-16H2,1-3H3,(H,25,26). The molecule has 1 N–H and O–H groups in total. The topological polar surface area (TPSA) is 71.5 Å². The van der Waals surface area contributed by atoms with Crippen LogP contribution in [-0.4, -0.2) is 33.9 Å². The summed E-state index contributed by atoms with van der Waals surface area (Å²) < 4.78 is 5.27. The average Bonchev–Trinajstić information content (AvgIpc) is 3.24. The maximum absolute atomic E-state index is 12.8. The molecule has 0 aliphatic rings. The smallest absolute Gasteiger partial charge is 0.358 e. The van der Waals surface area contributed by atoms with Crippen LogP contribution in [0.5, 0.6) is 0 Å². The van der Waals surface area contributed by atoms with E-state index in [0.29, 0.717) is 18.2 Å². The van der Waals surface area contributed by atoms with Crippen LogP contribution in [0.15, 0.2) is 66.0 Å². The second-order valence-corrected chi connectivity index (χ2v) is 8.95. The molecule has 0 radical (unpaired) electrons. The fourth-order valence-electron chi connectivity index (χ4n) is 2.97. The largest absolute Gasteiger partial charge is 0.451 e. The van der Waals surface area contributed by atoms with Gasteiger partial charge in [-0.1, -0.05) is 60.7 Å². The lowest BCUT2D eigenvalue weighted by Gasteiger charge is -2.35. The first-order valence-electron chi connectivity index (χ1n) is 10.1. The number of hydrogen-bond acceptors (Lipinski definition) is 6. The molecule has 162 valence electrons. The molecule has 31 heavy (non-hydrogen) atoms. The molecule has 0 saturated heterocycles. The monoisotopic (exact) mass is 437 g/mol. The molecule has 0 spiro atoms. The predicted octanol–water partition coefficient (Wildman–Crippen LogP) is 4.74. The van der Waals surface area contributed by atoms with Crippen LogP contribution in [0.3, 0.4) is 0 Å². The lowest BCUT2D eigenvalue weighted by Crippen LogP contribution is -2.46. The van der Waals surface area contributed by atoms with Crippen molar-refractivity contribution in [3.05, 3.63) is 82.9 Å². The van der Waals surface area contributed by atoms with E-state index in [4.69, 9.17) is 4.74 Å². The molecule has 0 bridgehead atoms. The molecule has 0 saturated carbocycles. The quantitative estimate of drug-likeness (QED) is 0.516. The number of esters is 1. The van der Waals surface area contributed by atoms with Gasteiger partial charge in [0.25, 0.3) is 5.91 Å². The van der Waals surface area contributed by atoms with Gasteiger partial charge in [0, 0.05) is 24.0 Å². The van der Waals surface area contributed by atoms with E-state index in [-0.39, 0.29) is 18.2 Å². The van der Waals surface area contributed by atoms with E-state index in [1.54, 1.807) is 10.3 Å². The fourth-order valence-corrected chi connectivity index (χ4v) is 3.65. The number of carbonyl (C=O) groups is 2. The Morgan fingerprint density at radius 2 is 1.61 bits per heavy atom. The van der Waals surface area contributed by atoms with Crippen LogP contribution in [0, 0.1) is 0 Å². The van der Waals surface area contributed by atoms with Crippen LogP contribution in [0.4, 0.5) is 5.13 Å². The molecule has 3 aromatic rings. The van der Waals surface area contributed by atoms with Crippen molar-refractivity contribution < 1.29 is 14.3 Å². The second kappa shape index (κ2) is 10.2. The third-order valence-electron chi connectivity index (χ3n) is 4.62. The van der Waals surface area contributed by atoms with Gasteiger partial charge in [0.1, 0.15) is 0 Å². The lowest BCUT2D eigenvalue weighted by atomic mass is 10.0. The number of aromatic nitrogens is 1. The van der Waals surface area contributed by atoms with Gasteiger partial charge in [-0.25, -0.2) is 9.78 Å². The van der Waals surface area contributed by atoms with Crippen molar-refractivity contribution >= 4 is 28.3 Å². The molecule has 0 aliphatic carbocycles. The fraction of sp³-hybridized carbons (Fsp3) is 0.292. The Labute approximate surface area is 186 Å². The summed E-state index contributed by atoms with van der Waals surface area (Å²) in [5, 5.41) is 5.45. The maximum Gasteiger partial charge on any atom is 0.358 e. The molecule has 2 aromatic carbocycles. The van der Waals surface area contributed by atoms with Gasteiger partial charge in [-0.3, -0.25) is 4.79 Å². The Bertz CT molecular complexity index is 998. The Balaban J connectivity index is 1.55. The molecular formula is C24H27N3O3S. The normalized spacial score (nSPS) is 11.1. The van der Waals surface area contributed by atoms with Gasteiger partial charge < -0.3 is 15.0 Å². The SMILES string of the molecule is CC(C)(C)N(Cc1ccccc1)C(=O)COC(=O)c1csc(NCc2ccccc2)n1. The van der Waals surface area contributed by atoms with E-state index >= 15 is 0 Å². The van der Waals surface area contributed by atoms with Crippen LogP contribution >= 0.6 is 11.3 Å². The first-order valence-corrected chi connectivity index (χ1v) is 11.0. The number of thiazole rings is 1. The zero-order chi connectivity index (χ0) is 22.3. The van der Waals surface area contributed by atoms with E-state index in [1.165, 1.54) is 11.3 Å². The Morgan fingerprint density at radius 1 is 1.00 bits per heavy atom. The van der Waals surface area contributed by atoms with Gasteiger partial charge in [-0.15, -0.1) is 11.3 Å². The number of carbonyl (C=O) groups excluding carboxylic acids is 2. The van der Waals surface area contributed by atoms with Gasteiger partial charge in [0.15, 0.2) is 17.4 Å². The van der Waals surface area contributed by atoms with E-state index in [1.807, 2.05) is 81.4 Å². The van der Waals surface area contributed by atoms with Crippen LogP contribution in [0.2, 0.25) is 0 Å². The predicted molar refractivity (Wildman–Crippen MR) is 123 cm³/mol. The van der Waals surface area contributed by atoms with Gasteiger partial charge in [0.05, 0.1) is 0 Å². The number of rotatable bonds is 8. The summed E-state index contributed by atoms with van der Waals surface area (Å²) >= 11 is 1.33. The number of anilines is 1. The summed E-state index contributed by atoms with van der Waals surface area (Å²) in [6.45, 7) is 6.61. The number of benzene rings is 2. The average molecular weight is 438 g/mol. The Hall–Kier alpha value is -3.19. The maximum atomic E-state index is 12.8. The highest BCUT2D eigenvalue weighted by Crippen LogP contribution is 2.19. The van der Waals surface area contributed by atoms with Crippen molar-refractivity contribution in [2.45, 2.75) is 39.4 Å². The van der Waals surface area contributed by atoms with E-state index < -0.39 is 11.5 Å². The van der Waals surface area contributed by atoms with E-state index in [0.717, 1.165) is 11.1 Å². The van der Waals surface area contributed by atoms with Crippen molar-refractivity contribution in [1.29, 1.82) is 0 Å². The summed E-state index contributed by atoms with van der Waals surface area (Å²) in [7, 11) is 0. The Morgan fingerprint density at radius 3 is 2.23 bits per heavy atom. The van der Waals surface area contributed by atoms with Crippen LogP contribution in [-0.2, 0) is 22.6 Å². The van der Waals surface area contributed by atoms with Gasteiger partial charge in [-0.2, -0.15) is 0 Å². The van der Waals surface area contributed by atoms with Gasteiger partial charge >= 0.3 is 5.97 Å². The molecule has 7 heteroatoms. The van der Waals surface area contributed by atoms with Crippen molar-refractivity contribution in [2.75, 3.05) is 11.9 Å². The summed E-state index contributed by atoms with van der Waals surface area (Å²) in [6, 6.07) is 19.7. The molecule has 0 aliphatic heterocycles. The third-order valence-corrected chi connectivity index (χ3v) is 5.42. The number of nitrogens with zero attached hydrogens (tertiary/aromatic N) is 2. The first-order chi connectivity index (χ1) is 14.8. The molecule has 3 rings (SSSR count). The highest BCUT2D eigenvalue weighted by Gasteiger charge is 2.27. The highest BCUT2D eigenvalue weighted by atomic mass is 32.1. The zero-order valence-corrected chi connectivity index (χ0v) is 18.8. The number of amides is 1. The molecule has 0 fully saturated rings. The zero-order valence-electron chi connectivity index (χ0n) is 18.0. The van der Waals surface area contributed by atoms with Crippen molar-refractivity contribution in [3.63, 3.8) is 0 Å². The first kappa shape index (κ1) is 22.5. The molecular weight excluding hydrogens is 410 g/mol.